The number of nitrogens with two attached hydrogens (primary N) is 1. The third-order valence-electron chi connectivity index (χ3n) is 5.04. The second-order valence-electron chi connectivity index (χ2n) is 7.23. The zero-order chi connectivity index (χ0) is 21.0. The summed E-state index contributed by atoms with van der Waals surface area (Å²) in [5.41, 5.74) is 4.11. The molecule has 3 aromatic carbocycles. The van der Waals surface area contributed by atoms with E-state index >= 15 is 0 Å². The van der Waals surface area contributed by atoms with Crippen LogP contribution in [0.5, 0.6) is 0 Å². The molecular formula is C23H24N4O2S. The number of benzene rings is 3. The van der Waals surface area contributed by atoms with Crippen LogP contribution in [0.1, 0.15) is 22.3 Å². The second-order valence-corrected chi connectivity index (χ2v) is 8.99. The molecule has 30 heavy (non-hydrogen) atoms. The van der Waals surface area contributed by atoms with Crippen LogP contribution in [-0.4, -0.2) is 32.4 Å². The number of hydrazine groups is 1. The van der Waals surface area contributed by atoms with Crippen molar-refractivity contribution in [3.63, 3.8) is 0 Å². The van der Waals surface area contributed by atoms with Gasteiger partial charge in [0.15, 0.2) is 0 Å². The topological polar surface area (TPSA) is 87.8 Å². The number of nitrogens with zero attached hydrogens (tertiary/aromatic N) is 2. The minimum Gasteiger partial charge on any atom is -0.293 e. The fourth-order valence-corrected chi connectivity index (χ4v) is 4.39. The Kier molecular flexibility index (Phi) is 5.94. The second kappa shape index (κ2) is 8.79. The van der Waals surface area contributed by atoms with E-state index in [1.54, 1.807) is 17.1 Å². The van der Waals surface area contributed by atoms with Gasteiger partial charge >= 0.3 is 0 Å². The number of sulfonamides is 1. The van der Waals surface area contributed by atoms with Crippen LogP contribution in [0.4, 0.5) is 0 Å². The molecule has 1 aliphatic rings. The van der Waals surface area contributed by atoms with E-state index in [0.717, 1.165) is 47.6 Å². The summed E-state index contributed by atoms with van der Waals surface area (Å²) in [7, 11) is -3.55. The van der Waals surface area contributed by atoms with E-state index in [9.17, 15) is 8.42 Å². The summed E-state index contributed by atoms with van der Waals surface area (Å²) in [5.74, 6) is 6.74. The van der Waals surface area contributed by atoms with Gasteiger partial charge in [-0.05, 0) is 35.2 Å². The maximum Gasteiger partial charge on any atom is 0.240 e. The first-order chi connectivity index (χ1) is 14.5. The van der Waals surface area contributed by atoms with Crippen molar-refractivity contribution in [3.8, 4) is 0 Å². The van der Waals surface area contributed by atoms with E-state index in [1.807, 2.05) is 54.6 Å². The maximum absolute atomic E-state index is 12.5. The highest BCUT2D eigenvalue weighted by molar-refractivity contribution is 7.89. The zero-order valence-electron chi connectivity index (χ0n) is 16.5. The lowest BCUT2D eigenvalue weighted by Gasteiger charge is -2.13. The fourth-order valence-electron chi connectivity index (χ4n) is 3.37. The first kappa shape index (κ1) is 20.3. The molecule has 0 atom stereocenters. The summed E-state index contributed by atoms with van der Waals surface area (Å²) in [4.78, 5) is 4.69. The molecule has 7 heteroatoms. The van der Waals surface area contributed by atoms with Gasteiger partial charge in [0.05, 0.1) is 18.0 Å². The van der Waals surface area contributed by atoms with Crippen LogP contribution in [0.15, 0.2) is 88.8 Å². The van der Waals surface area contributed by atoms with Crippen LogP contribution in [0, 0.1) is 0 Å². The Bertz CT molecular complexity index is 1130. The maximum atomic E-state index is 12.5. The molecule has 154 valence electrons. The molecule has 3 N–H and O–H groups in total. The summed E-state index contributed by atoms with van der Waals surface area (Å²) in [6, 6.07) is 24.6. The van der Waals surface area contributed by atoms with Crippen molar-refractivity contribution < 1.29 is 8.42 Å². The quantitative estimate of drug-likeness (QED) is 0.575. The van der Waals surface area contributed by atoms with Crippen molar-refractivity contribution >= 4 is 15.9 Å². The average molecular weight is 421 g/mol. The van der Waals surface area contributed by atoms with Crippen molar-refractivity contribution in [2.75, 3.05) is 13.1 Å². The molecule has 3 aromatic rings. The third kappa shape index (κ3) is 4.76. The van der Waals surface area contributed by atoms with E-state index in [-0.39, 0.29) is 11.4 Å². The van der Waals surface area contributed by atoms with E-state index < -0.39 is 10.0 Å². The molecule has 4 rings (SSSR count). The van der Waals surface area contributed by atoms with Crippen molar-refractivity contribution in [1.29, 1.82) is 0 Å². The number of rotatable bonds is 7. The normalized spacial score (nSPS) is 14.0. The molecule has 6 nitrogen and oxygen atoms in total. The summed E-state index contributed by atoms with van der Waals surface area (Å²) in [6.45, 7) is 1.73. The van der Waals surface area contributed by atoms with Gasteiger partial charge in [0.25, 0.3) is 0 Å². The first-order valence-electron chi connectivity index (χ1n) is 9.80. The van der Waals surface area contributed by atoms with Gasteiger partial charge in [0.1, 0.15) is 5.84 Å². The van der Waals surface area contributed by atoms with Crippen LogP contribution < -0.4 is 10.6 Å². The molecule has 0 bridgehead atoms. The number of hydrogen-bond acceptors (Lipinski definition) is 5. The average Bonchev–Trinajstić information content (AvgIpc) is 3.20. The molecule has 0 spiro atoms. The standard InChI is InChI=1S/C23H24N4O2S/c24-27-15-14-25-23(27)21-10-6-18(7-11-21)16-19-8-12-22(13-9-19)30(28,29)26-17-20-4-2-1-3-5-20/h1-13,26H,14-17,24H2. The van der Waals surface area contributed by atoms with Crippen LogP contribution in [0.2, 0.25) is 0 Å². The van der Waals surface area contributed by atoms with Gasteiger partial charge < -0.3 is 0 Å². The van der Waals surface area contributed by atoms with Gasteiger partial charge in [-0.25, -0.2) is 19.0 Å². The summed E-state index contributed by atoms with van der Waals surface area (Å²) in [5, 5.41) is 1.67. The van der Waals surface area contributed by atoms with E-state index in [0.29, 0.717) is 0 Å². The molecular weight excluding hydrogens is 396 g/mol. The Morgan fingerprint density at radius 2 is 1.50 bits per heavy atom. The third-order valence-corrected chi connectivity index (χ3v) is 6.45. The predicted molar refractivity (Wildman–Crippen MR) is 118 cm³/mol. The lowest BCUT2D eigenvalue weighted by Crippen LogP contribution is -2.34. The molecule has 0 aromatic heterocycles. The smallest absolute Gasteiger partial charge is 0.240 e. The molecule has 0 aliphatic carbocycles. The van der Waals surface area contributed by atoms with E-state index in [1.165, 1.54) is 0 Å². The Balaban J connectivity index is 1.39. The van der Waals surface area contributed by atoms with Gasteiger partial charge in [-0.3, -0.25) is 10.0 Å². The SMILES string of the molecule is NN1CCN=C1c1ccc(Cc2ccc(S(=O)(=O)NCc3ccccc3)cc2)cc1. The van der Waals surface area contributed by atoms with Crippen molar-refractivity contribution in [2.24, 2.45) is 10.8 Å². The minimum absolute atomic E-state index is 0.264. The summed E-state index contributed by atoms with van der Waals surface area (Å²) < 4.78 is 27.7. The molecule has 0 amide bonds. The molecule has 0 unspecified atom stereocenters. The Hall–Kier alpha value is -3.00. The van der Waals surface area contributed by atoms with Gasteiger partial charge in [-0.15, -0.1) is 0 Å². The largest absolute Gasteiger partial charge is 0.293 e. The van der Waals surface area contributed by atoms with E-state index in [4.69, 9.17) is 5.84 Å². The molecule has 0 saturated heterocycles. The van der Waals surface area contributed by atoms with Crippen LogP contribution in [0.25, 0.3) is 0 Å². The van der Waals surface area contributed by atoms with Crippen LogP contribution in [0.3, 0.4) is 0 Å². The molecule has 1 heterocycles. The lowest BCUT2D eigenvalue weighted by molar-refractivity contribution is 0.484. The van der Waals surface area contributed by atoms with Crippen molar-refractivity contribution in [1.82, 2.24) is 9.73 Å². The summed E-state index contributed by atoms with van der Waals surface area (Å²) >= 11 is 0. The van der Waals surface area contributed by atoms with Crippen LogP contribution in [-0.2, 0) is 23.0 Å². The monoisotopic (exact) mass is 420 g/mol. The highest BCUT2D eigenvalue weighted by Gasteiger charge is 2.15. The molecule has 0 saturated carbocycles. The zero-order valence-corrected chi connectivity index (χ0v) is 17.3. The highest BCUT2D eigenvalue weighted by atomic mass is 32.2. The lowest BCUT2D eigenvalue weighted by atomic mass is 10.0. The van der Waals surface area contributed by atoms with Gasteiger partial charge in [-0.1, -0.05) is 66.7 Å². The summed E-state index contributed by atoms with van der Waals surface area (Å²) in [6.07, 6.45) is 0.719. The number of amidine groups is 1. The Labute approximate surface area is 177 Å². The Morgan fingerprint density at radius 1 is 0.867 bits per heavy atom. The highest BCUT2D eigenvalue weighted by Crippen LogP contribution is 2.16. The van der Waals surface area contributed by atoms with Gasteiger partial charge in [0.2, 0.25) is 10.0 Å². The predicted octanol–water partition coefficient (Wildman–Crippen LogP) is 2.69. The Morgan fingerprint density at radius 3 is 2.10 bits per heavy atom. The molecule has 1 aliphatic heterocycles. The molecule has 0 radical (unpaired) electrons. The molecule has 0 fully saturated rings. The number of hydrogen-bond donors (Lipinski definition) is 2. The van der Waals surface area contributed by atoms with Crippen LogP contribution >= 0.6 is 0 Å². The van der Waals surface area contributed by atoms with Gasteiger partial charge in [0, 0.05) is 12.1 Å². The number of aliphatic imine (C=N–C) groups is 1. The minimum atomic E-state index is -3.55. The first-order valence-corrected chi connectivity index (χ1v) is 11.3. The van der Waals surface area contributed by atoms with Gasteiger partial charge in [-0.2, -0.15) is 0 Å². The van der Waals surface area contributed by atoms with Crippen molar-refractivity contribution in [2.45, 2.75) is 17.9 Å². The number of nitrogens with one attached hydrogen (secondary N) is 1. The van der Waals surface area contributed by atoms with Crippen molar-refractivity contribution in [3.05, 3.63) is 101 Å². The van der Waals surface area contributed by atoms with E-state index in [2.05, 4.69) is 21.8 Å². The fraction of sp³-hybridized carbons (Fsp3) is 0.174.